The molecule has 0 saturated heterocycles. The number of thiophene rings is 1. The standard InChI is InChI=1S/C24H23N3O3S/c1-30-13-12-27-11-10-19-15-20(8-9-21(19)27)26-23(28)18-6-4-17(5-7-18)16-25-24(29)22-3-2-14-31-22/h2-11,14-15H,12-13,16H2,1H3,(H,25,29)(H,26,28). The average molecular weight is 434 g/mol. The molecule has 2 aromatic carbocycles. The first-order valence-corrected chi connectivity index (χ1v) is 10.8. The molecule has 0 bridgehead atoms. The number of carbonyl (C=O) groups excluding carboxylic acids is 2. The average Bonchev–Trinajstić information content (AvgIpc) is 3.46. The molecule has 7 heteroatoms. The topological polar surface area (TPSA) is 72.4 Å². The van der Waals surface area contributed by atoms with E-state index in [4.69, 9.17) is 4.74 Å². The summed E-state index contributed by atoms with van der Waals surface area (Å²) in [6.45, 7) is 1.84. The van der Waals surface area contributed by atoms with Crippen molar-refractivity contribution in [3.8, 4) is 0 Å². The van der Waals surface area contributed by atoms with Gasteiger partial charge in [0.2, 0.25) is 0 Å². The van der Waals surface area contributed by atoms with Gasteiger partial charge in [0.25, 0.3) is 11.8 Å². The lowest BCUT2D eigenvalue weighted by Crippen LogP contribution is -2.21. The third-order valence-electron chi connectivity index (χ3n) is 4.98. The molecule has 2 N–H and O–H groups in total. The van der Waals surface area contributed by atoms with E-state index in [-0.39, 0.29) is 11.8 Å². The summed E-state index contributed by atoms with van der Waals surface area (Å²) in [4.78, 5) is 25.3. The zero-order valence-electron chi connectivity index (χ0n) is 17.1. The van der Waals surface area contributed by atoms with E-state index >= 15 is 0 Å². The Morgan fingerprint density at radius 3 is 2.61 bits per heavy atom. The van der Waals surface area contributed by atoms with Gasteiger partial charge in [-0.2, -0.15) is 0 Å². The van der Waals surface area contributed by atoms with E-state index in [1.807, 2.05) is 54.0 Å². The largest absolute Gasteiger partial charge is 0.383 e. The van der Waals surface area contributed by atoms with E-state index in [0.717, 1.165) is 28.7 Å². The Morgan fingerprint density at radius 1 is 1.03 bits per heavy atom. The number of carbonyl (C=O) groups is 2. The van der Waals surface area contributed by atoms with Crippen molar-refractivity contribution in [1.82, 2.24) is 9.88 Å². The second-order valence-corrected chi connectivity index (χ2v) is 8.03. The van der Waals surface area contributed by atoms with Gasteiger partial charge in [0.15, 0.2) is 0 Å². The number of amides is 2. The minimum Gasteiger partial charge on any atom is -0.383 e. The van der Waals surface area contributed by atoms with Crippen molar-refractivity contribution < 1.29 is 14.3 Å². The van der Waals surface area contributed by atoms with E-state index < -0.39 is 0 Å². The molecule has 0 aliphatic heterocycles. The Bertz CT molecular complexity index is 1180. The number of aromatic nitrogens is 1. The summed E-state index contributed by atoms with van der Waals surface area (Å²) in [6, 6.07) is 18.8. The van der Waals surface area contributed by atoms with Crippen LogP contribution in [0.1, 0.15) is 25.6 Å². The molecule has 158 valence electrons. The number of nitrogens with one attached hydrogen (secondary N) is 2. The minimum atomic E-state index is -0.174. The van der Waals surface area contributed by atoms with Gasteiger partial charge in [0, 0.05) is 48.5 Å². The molecule has 0 aliphatic carbocycles. The maximum absolute atomic E-state index is 12.6. The second-order valence-electron chi connectivity index (χ2n) is 7.09. The summed E-state index contributed by atoms with van der Waals surface area (Å²) in [5, 5.41) is 8.77. The fourth-order valence-electron chi connectivity index (χ4n) is 3.32. The van der Waals surface area contributed by atoms with Gasteiger partial charge < -0.3 is 19.9 Å². The fraction of sp³-hybridized carbons (Fsp3) is 0.167. The van der Waals surface area contributed by atoms with Gasteiger partial charge in [-0.3, -0.25) is 9.59 Å². The summed E-state index contributed by atoms with van der Waals surface area (Å²) in [6.07, 6.45) is 2.02. The Balaban J connectivity index is 1.36. The zero-order chi connectivity index (χ0) is 21.6. The van der Waals surface area contributed by atoms with Crippen molar-refractivity contribution in [3.05, 3.63) is 88.2 Å². The Hall–Kier alpha value is -3.42. The summed E-state index contributed by atoms with van der Waals surface area (Å²) in [5.41, 5.74) is 3.34. The van der Waals surface area contributed by atoms with Crippen molar-refractivity contribution in [2.24, 2.45) is 0 Å². The van der Waals surface area contributed by atoms with Crippen LogP contribution < -0.4 is 10.6 Å². The van der Waals surface area contributed by atoms with Crippen LogP contribution in [0.15, 0.2) is 72.2 Å². The monoisotopic (exact) mass is 433 g/mol. The molecule has 0 atom stereocenters. The molecule has 6 nitrogen and oxygen atoms in total. The van der Waals surface area contributed by atoms with E-state index in [9.17, 15) is 9.59 Å². The second kappa shape index (κ2) is 9.59. The third-order valence-corrected chi connectivity index (χ3v) is 5.85. The molecule has 31 heavy (non-hydrogen) atoms. The molecule has 0 aliphatic rings. The number of ether oxygens (including phenoxy) is 1. The van der Waals surface area contributed by atoms with Crippen molar-refractivity contribution in [2.75, 3.05) is 19.0 Å². The van der Waals surface area contributed by atoms with Crippen molar-refractivity contribution in [2.45, 2.75) is 13.1 Å². The van der Waals surface area contributed by atoms with Crippen molar-refractivity contribution in [3.63, 3.8) is 0 Å². The molecule has 4 rings (SSSR count). The number of nitrogens with zero attached hydrogens (tertiary/aromatic N) is 1. The molecular formula is C24H23N3O3S. The first-order chi connectivity index (χ1) is 15.1. The van der Waals surface area contributed by atoms with E-state index in [0.29, 0.717) is 23.6 Å². The lowest BCUT2D eigenvalue weighted by atomic mass is 10.1. The quantitative estimate of drug-likeness (QED) is 0.429. The van der Waals surface area contributed by atoms with Crippen molar-refractivity contribution in [1.29, 1.82) is 0 Å². The van der Waals surface area contributed by atoms with Gasteiger partial charge in [-0.1, -0.05) is 18.2 Å². The Labute approximate surface area is 184 Å². The molecule has 2 heterocycles. The van der Waals surface area contributed by atoms with Crippen LogP contribution in [-0.4, -0.2) is 30.1 Å². The number of methoxy groups -OCH3 is 1. The molecule has 2 aromatic heterocycles. The Kier molecular flexibility index (Phi) is 6.45. The lowest BCUT2D eigenvalue weighted by molar-refractivity contribution is 0.0953. The minimum absolute atomic E-state index is 0.0942. The maximum atomic E-state index is 12.6. The summed E-state index contributed by atoms with van der Waals surface area (Å²) >= 11 is 1.41. The van der Waals surface area contributed by atoms with Crippen LogP contribution in [0.2, 0.25) is 0 Å². The SMILES string of the molecule is COCCn1ccc2cc(NC(=O)c3ccc(CNC(=O)c4cccs4)cc3)ccc21. The van der Waals surface area contributed by atoms with E-state index in [1.54, 1.807) is 25.3 Å². The smallest absolute Gasteiger partial charge is 0.261 e. The predicted octanol–water partition coefficient (Wildman–Crippen LogP) is 4.53. The first-order valence-electron chi connectivity index (χ1n) is 9.94. The van der Waals surface area contributed by atoms with Gasteiger partial charge in [-0.15, -0.1) is 11.3 Å². The number of hydrogen-bond acceptors (Lipinski definition) is 4. The van der Waals surface area contributed by atoms with Crippen LogP contribution in [-0.2, 0) is 17.8 Å². The number of benzene rings is 2. The van der Waals surface area contributed by atoms with Crippen LogP contribution in [0.4, 0.5) is 5.69 Å². The number of anilines is 1. The number of rotatable bonds is 8. The third kappa shape index (κ3) is 5.02. The molecule has 0 radical (unpaired) electrons. The van der Waals surface area contributed by atoms with Gasteiger partial charge in [0.05, 0.1) is 11.5 Å². The van der Waals surface area contributed by atoms with Crippen LogP contribution in [0, 0.1) is 0 Å². The molecular weight excluding hydrogens is 410 g/mol. The van der Waals surface area contributed by atoms with Crippen molar-refractivity contribution >= 4 is 39.7 Å². The molecule has 0 unspecified atom stereocenters. The fourth-order valence-corrected chi connectivity index (χ4v) is 3.96. The highest BCUT2D eigenvalue weighted by Crippen LogP contribution is 2.21. The van der Waals surface area contributed by atoms with Gasteiger partial charge in [0.1, 0.15) is 0 Å². The van der Waals surface area contributed by atoms with E-state index in [1.165, 1.54) is 11.3 Å². The van der Waals surface area contributed by atoms with Crippen LogP contribution in [0.3, 0.4) is 0 Å². The van der Waals surface area contributed by atoms with Crippen LogP contribution in [0.5, 0.6) is 0 Å². The summed E-state index contributed by atoms with van der Waals surface area (Å²) < 4.78 is 7.27. The summed E-state index contributed by atoms with van der Waals surface area (Å²) in [5.74, 6) is -0.268. The predicted molar refractivity (Wildman–Crippen MR) is 124 cm³/mol. The zero-order valence-corrected chi connectivity index (χ0v) is 17.9. The normalized spacial score (nSPS) is 10.9. The highest BCUT2D eigenvalue weighted by molar-refractivity contribution is 7.12. The number of fused-ring (bicyclic) bond motifs is 1. The molecule has 0 spiro atoms. The lowest BCUT2D eigenvalue weighted by Gasteiger charge is -2.08. The highest BCUT2D eigenvalue weighted by Gasteiger charge is 2.09. The van der Waals surface area contributed by atoms with Gasteiger partial charge in [-0.25, -0.2) is 0 Å². The van der Waals surface area contributed by atoms with Crippen LogP contribution in [0.25, 0.3) is 10.9 Å². The molecule has 2 amide bonds. The van der Waals surface area contributed by atoms with E-state index in [2.05, 4.69) is 15.2 Å². The van der Waals surface area contributed by atoms with Gasteiger partial charge >= 0.3 is 0 Å². The first kappa shape index (κ1) is 20.8. The highest BCUT2D eigenvalue weighted by atomic mass is 32.1. The maximum Gasteiger partial charge on any atom is 0.261 e. The Morgan fingerprint density at radius 2 is 1.87 bits per heavy atom. The summed E-state index contributed by atoms with van der Waals surface area (Å²) in [7, 11) is 1.69. The number of hydrogen-bond donors (Lipinski definition) is 2. The molecule has 0 saturated carbocycles. The molecule has 0 fully saturated rings. The molecule has 4 aromatic rings. The van der Waals surface area contributed by atoms with Crippen LogP contribution >= 0.6 is 11.3 Å². The van der Waals surface area contributed by atoms with Gasteiger partial charge in [-0.05, 0) is 53.4 Å².